The summed E-state index contributed by atoms with van der Waals surface area (Å²) in [6.45, 7) is 2.11. The lowest BCUT2D eigenvalue weighted by Crippen LogP contribution is -1.97. The van der Waals surface area contributed by atoms with Crippen molar-refractivity contribution in [1.29, 1.82) is 0 Å². The van der Waals surface area contributed by atoms with Gasteiger partial charge in [0.05, 0.1) is 5.56 Å². The van der Waals surface area contributed by atoms with Gasteiger partial charge in [-0.25, -0.2) is 18.0 Å². The zero-order valence-electron chi connectivity index (χ0n) is 16.0. The molecule has 1 N–H and O–H groups in total. The van der Waals surface area contributed by atoms with Crippen LogP contribution in [0.4, 0.5) is 13.2 Å². The van der Waals surface area contributed by atoms with Gasteiger partial charge in [-0.1, -0.05) is 50.1 Å². The van der Waals surface area contributed by atoms with Gasteiger partial charge in [0, 0.05) is 0 Å². The Kier molecular flexibility index (Phi) is 6.37. The van der Waals surface area contributed by atoms with E-state index in [4.69, 9.17) is 5.11 Å². The SMILES string of the molecule is CCCCCc1ccc(-c2ccc(C(=O)O)cc2)c(-c2cc(F)c(F)c(F)c2)c1. The molecular weight excluding hydrogens is 377 g/mol. The average molecular weight is 398 g/mol. The minimum Gasteiger partial charge on any atom is -0.478 e. The van der Waals surface area contributed by atoms with Crippen LogP contribution in [0, 0.1) is 17.5 Å². The molecule has 0 atom stereocenters. The molecule has 0 amide bonds. The highest BCUT2D eigenvalue weighted by atomic mass is 19.2. The van der Waals surface area contributed by atoms with Gasteiger partial charge in [-0.15, -0.1) is 0 Å². The van der Waals surface area contributed by atoms with E-state index >= 15 is 0 Å². The summed E-state index contributed by atoms with van der Waals surface area (Å²) in [5.74, 6) is -5.03. The Hall–Kier alpha value is -3.08. The number of hydrogen-bond acceptors (Lipinski definition) is 1. The zero-order chi connectivity index (χ0) is 21.0. The first-order chi connectivity index (χ1) is 13.9. The van der Waals surface area contributed by atoms with Crippen LogP contribution in [0.5, 0.6) is 0 Å². The van der Waals surface area contributed by atoms with Crippen LogP contribution in [0.25, 0.3) is 22.3 Å². The Bertz CT molecular complexity index is 1000. The number of unbranched alkanes of at least 4 members (excludes halogenated alkanes) is 2. The van der Waals surface area contributed by atoms with Gasteiger partial charge in [-0.05, 0) is 64.9 Å². The molecule has 0 bridgehead atoms. The lowest BCUT2D eigenvalue weighted by molar-refractivity contribution is 0.0697. The van der Waals surface area contributed by atoms with Gasteiger partial charge in [0.25, 0.3) is 0 Å². The van der Waals surface area contributed by atoms with E-state index in [1.54, 1.807) is 12.1 Å². The molecule has 0 aliphatic carbocycles. The smallest absolute Gasteiger partial charge is 0.335 e. The molecule has 0 fully saturated rings. The van der Waals surface area contributed by atoms with E-state index in [2.05, 4.69) is 6.92 Å². The largest absolute Gasteiger partial charge is 0.478 e. The summed E-state index contributed by atoms with van der Waals surface area (Å²) in [5, 5.41) is 9.09. The maximum Gasteiger partial charge on any atom is 0.335 e. The van der Waals surface area contributed by atoms with E-state index in [0.717, 1.165) is 43.4 Å². The van der Waals surface area contributed by atoms with Gasteiger partial charge in [-0.3, -0.25) is 0 Å². The van der Waals surface area contributed by atoms with Crippen LogP contribution in [0.15, 0.2) is 54.6 Å². The standard InChI is InChI=1S/C24H21F3O2/c1-2-3-4-5-15-6-11-19(16-7-9-17(10-8-16)24(28)29)20(12-15)18-13-21(25)23(27)22(26)14-18/h6-14H,2-5H2,1H3,(H,28,29). The number of carbonyl (C=O) groups is 1. The molecule has 0 saturated carbocycles. The molecule has 0 unspecified atom stereocenters. The number of aromatic carboxylic acids is 1. The molecule has 0 aromatic heterocycles. The lowest BCUT2D eigenvalue weighted by atomic mass is 9.91. The first-order valence-electron chi connectivity index (χ1n) is 9.52. The van der Waals surface area contributed by atoms with Crippen LogP contribution in [0.3, 0.4) is 0 Å². The van der Waals surface area contributed by atoms with Gasteiger partial charge >= 0.3 is 5.97 Å². The third kappa shape index (κ3) is 4.67. The number of aryl methyl sites for hydroxylation is 1. The minimum atomic E-state index is -1.50. The highest BCUT2D eigenvalue weighted by Gasteiger charge is 2.15. The van der Waals surface area contributed by atoms with Crippen LogP contribution in [0.1, 0.15) is 42.1 Å². The van der Waals surface area contributed by atoms with Crippen LogP contribution in [-0.2, 0) is 6.42 Å². The summed E-state index contributed by atoms with van der Waals surface area (Å²) in [5.41, 5.74) is 3.35. The fourth-order valence-corrected chi connectivity index (χ4v) is 3.32. The van der Waals surface area contributed by atoms with Gasteiger partial charge in [0.2, 0.25) is 0 Å². The molecule has 29 heavy (non-hydrogen) atoms. The number of carboxylic acid groups (broad SMARTS) is 1. The first-order valence-corrected chi connectivity index (χ1v) is 9.52. The molecule has 3 aromatic rings. The monoisotopic (exact) mass is 398 g/mol. The van der Waals surface area contributed by atoms with Crippen molar-refractivity contribution in [2.75, 3.05) is 0 Å². The number of hydrogen-bond donors (Lipinski definition) is 1. The van der Waals surface area contributed by atoms with Crippen LogP contribution in [0.2, 0.25) is 0 Å². The van der Waals surface area contributed by atoms with Gasteiger partial charge in [-0.2, -0.15) is 0 Å². The second kappa shape index (κ2) is 8.95. The summed E-state index contributed by atoms with van der Waals surface area (Å²) < 4.78 is 41.2. The van der Waals surface area contributed by atoms with Crippen molar-refractivity contribution < 1.29 is 23.1 Å². The lowest BCUT2D eigenvalue weighted by Gasteiger charge is -2.14. The number of benzene rings is 3. The summed E-state index contributed by atoms with van der Waals surface area (Å²) in [7, 11) is 0. The quantitative estimate of drug-likeness (QED) is 0.348. The van der Waals surface area contributed by atoms with E-state index < -0.39 is 23.4 Å². The molecule has 0 heterocycles. The maximum atomic E-state index is 13.9. The molecule has 0 spiro atoms. The van der Waals surface area contributed by atoms with E-state index in [0.29, 0.717) is 16.7 Å². The number of halogens is 3. The van der Waals surface area contributed by atoms with Crippen molar-refractivity contribution in [3.63, 3.8) is 0 Å². The predicted molar refractivity (Wildman–Crippen MR) is 107 cm³/mol. The Balaban J connectivity index is 2.11. The number of carboxylic acids is 1. The van der Waals surface area contributed by atoms with Crippen LogP contribution < -0.4 is 0 Å². The molecular formula is C24H21F3O2. The molecule has 0 aliphatic rings. The van der Waals surface area contributed by atoms with Crippen LogP contribution in [-0.4, -0.2) is 11.1 Å². The second-order valence-electron chi connectivity index (χ2n) is 6.97. The van der Waals surface area contributed by atoms with Crippen molar-refractivity contribution >= 4 is 5.97 Å². The summed E-state index contributed by atoms with van der Waals surface area (Å²) in [4.78, 5) is 11.1. The van der Waals surface area contributed by atoms with Crippen molar-refractivity contribution in [3.05, 3.63) is 83.2 Å². The average Bonchev–Trinajstić information content (AvgIpc) is 2.72. The number of rotatable bonds is 7. The third-order valence-corrected chi connectivity index (χ3v) is 4.89. The summed E-state index contributed by atoms with van der Waals surface area (Å²) >= 11 is 0. The van der Waals surface area contributed by atoms with E-state index in [9.17, 15) is 18.0 Å². The van der Waals surface area contributed by atoms with E-state index in [-0.39, 0.29) is 11.1 Å². The Morgan fingerprint density at radius 3 is 2.07 bits per heavy atom. The van der Waals surface area contributed by atoms with Crippen molar-refractivity contribution in [2.24, 2.45) is 0 Å². The van der Waals surface area contributed by atoms with Crippen molar-refractivity contribution in [2.45, 2.75) is 32.6 Å². The fraction of sp³-hybridized carbons (Fsp3) is 0.208. The Morgan fingerprint density at radius 2 is 1.48 bits per heavy atom. The fourth-order valence-electron chi connectivity index (χ4n) is 3.32. The van der Waals surface area contributed by atoms with E-state index in [1.807, 2.05) is 18.2 Å². The molecule has 0 aliphatic heterocycles. The maximum absolute atomic E-state index is 13.9. The molecule has 150 valence electrons. The molecule has 0 saturated heterocycles. The predicted octanol–water partition coefficient (Wildman–Crippen LogP) is 6.87. The minimum absolute atomic E-state index is 0.144. The summed E-state index contributed by atoms with van der Waals surface area (Å²) in [6.07, 6.45) is 3.97. The Morgan fingerprint density at radius 1 is 0.828 bits per heavy atom. The zero-order valence-corrected chi connectivity index (χ0v) is 16.0. The Labute approximate surface area is 167 Å². The van der Waals surface area contributed by atoms with Crippen molar-refractivity contribution in [3.8, 4) is 22.3 Å². The highest BCUT2D eigenvalue weighted by Crippen LogP contribution is 2.35. The van der Waals surface area contributed by atoms with E-state index in [1.165, 1.54) is 12.1 Å². The molecule has 5 heteroatoms. The second-order valence-corrected chi connectivity index (χ2v) is 6.97. The third-order valence-electron chi connectivity index (χ3n) is 4.89. The molecule has 3 rings (SSSR count). The van der Waals surface area contributed by atoms with Crippen LogP contribution >= 0.6 is 0 Å². The molecule has 2 nitrogen and oxygen atoms in total. The van der Waals surface area contributed by atoms with Gasteiger partial charge in [0.15, 0.2) is 17.5 Å². The molecule has 3 aromatic carbocycles. The normalized spacial score (nSPS) is 10.9. The van der Waals surface area contributed by atoms with Gasteiger partial charge < -0.3 is 5.11 Å². The summed E-state index contributed by atoms with van der Waals surface area (Å²) in [6, 6.07) is 13.9. The van der Waals surface area contributed by atoms with Crippen molar-refractivity contribution in [1.82, 2.24) is 0 Å². The topological polar surface area (TPSA) is 37.3 Å². The first kappa shape index (κ1) is 20.6. The highest BCUT2D eigenvalue weighted by molar-refractivity contribution is 5.89. The molecule has 0 radical (unpaired) electrons. The van der Waals surface area contributed by atoms with Gasteiger partial charge in [0.1, 0.15) is 0 Å².